The van der Waals surface area contributed by atoms with Crippen LogP contribution in [0.5, 0.6) is 0 Å². The maximum atomic E-state index is 10.9. The summed E-state index contributed by atoms with van der Waals surface area (Å²) in [4.78, 5) is 13.0. The van der Waals surface area contributed by atoms with Gasteiger partial charge in [-0.2, -0.15) is 0 Å². The van der Waals surface area contributed by atoms with Gasteiger partial charge in [0.15, 0.2) is 0 Å². The number of carbonyl (C=O) groups excluding carboxylic acids is 1. The molecule has 0 radical (unpaired) electrons. The maximum Gasteiger partial charge on any atom is 0.235 e. The van der Waals surface area contributed by atoms with Crippen LogP contribution in [0.1, 0.15) is 5.56 Å². The zero-order valence-corrected chi connectivity index (χ0v) is 8.07. The molecule has 1 heterocycles. The molecule has 0 aliphatic carbocycles. The van der Waals surface area contributed by atoms with Crippen LogP contribution in [0.25, 0.3) is 0 Å². The molecule has 2 rings (SSSR count). The third-order valence-electron chi connectivity index (χ3n) is 2.43. The first-order valence-electron chi connectivity index (χ1n) is 4.87. The number of benzene rings is 1. The monoisotopic (exact) mass is 190 g/mol. The smallest absolute Gasteiger partial charge is 0.235 e. The molecule has 0 saturated carbocycles. The highest BCUT2D eigenvalue weighted by atomic mass is 16.2. The Morgan fingerprint density at radius 3 is 2.71 bits per heavy atom. The first-order chi connectivity index (χ1) is 6.84. The van der Waals surface area contributed by atoms with E-state index in [1.54, 1.807) is 0 Å². The lowest BCUT2D eigenvalue weighted by atomic mass is 10.1. The van der Waals surface area contributed by atoms with Crippen molar-refractivity contribution in [2.75, 3.05) is 19.8 Å². The first-order valence-corrected chi connectivity index (χ1v) is 4.87. The molecular formula is C11H14N2O. The van der Waals surface area contributed by atoms with E-state index in [0.717, 1.165) is 13.0 Å². The summed E-state index contributed by atoms with van der Waals surface area (Å²) in [5.41, 5.74) is 1.33. The number of carbonyl (C=O) groups is 1. The van der Waals surface area contributed by atoms with Crippen LogP contribution in [0, 0.1) is 0 Å². The van der Waals surface area contributed by atoms with Crippen LogP contribution in [-0.2, 0) is 11.2 Å². The standard InChI is InChI=1S/C11H14N2O/c14-11-8-13(9-12-11)7-6-10-4-2-1-3-5-10/h1-5H,6-9H2,(H,12,14). The van der Waals surface area contributed by atoms with Crippen LogP contribution < -0.4 is 5.32 Å². The van der Waals surface area contributed by atoms with E-state index in [0.29, 0.717) is 13.2 Å². The van der Waals surface area contributed by atoms with Gasteiger partial charge in [-0.1, -0.05) is 30.3 Å². The molecule has 1 aliphatic heterocycles. The van der Waals surface area contributed by atoms with Crippen molar-refractivity contribution in [2.45, 2.75) is 6.42 Å². The first kappa shape index (κ1) is 9.21. The zero-order chi connectivity index (χ0) is 9.80. The van der Waals surface area contributed by atoms with Crippen LogP contribution >= 0.6 is 0 Å². The Kier molecular flexibility index (Phi) is 2.79. The van der Waals surface area contributed by atoms with Gasteiger partial charge in [0, 0.05) is 6.54 Å². The van der Waals surface area contributed by atoms with Gasteiger partial charge in [-0.25, -0.2) is 0 Å². The third kappa shape index (κ3) is 2.33. The molecule has 1 saturated heterocycles. The van der Waals surface area contributed by atoms with Gasteiger partial charge >= 0.3 is 0 Å². The fraction of sp³-hybridized carbons (Fsp3) is 0.364. The summed E-state index contributed by atoms with van der Waals surface area (Å²) in [6.45, 7) is 2.20. The molecule has 1 fully saturated rings. The maximum absolute atomic E-state index is 10.9. The van der Waals surface area contributed by atoms with E-state index in [9.17, 15) is 4.79 Å². The molecule has 1 aliphatic rings. The summed E-state index contributed by atoms with van der Waals surface area (Å²) in [7, 11) is 0. The van der Waals surface area contributed by atoms with Crippen molar-refractivity contribution >= 4 is 5.91 Å². The molecule has 3 heteroatoms. The number of amides is 1. The largest absolute Gasteiger partial charge is 0.342 e. The Hall–Kier alpha value is -1.35. The molecule has 0 spiro atoms. The molecule has 0 aromatic heterocycles. The fourth-order valence-electron chi connectivity index (χ4n) is 1.60. The van der Waals surface area contributed by atoms with Crippen LogP contribution in [0.3, 0.4) is 0 Å². The van der Waals surface area contributed by atoms with Crippen molar-refractivity contribution in [2.24, 2.45) is 0 Å². The Morgan fingerprint density at radius 1 is 1.29 bits per heavy atom. The summed E-state index contributed by atoms with van der Waals surface area (Å²) < 4.78 is 0. The second kappa shape index (κ2) is 4.24. The van der Waals surface area contributed by atoms with Gasteiger partial charge in [0.1, 0.15) is 0 Å². The molecule has 0 bridgehead atoms. The highest BCUT2D eigenvalue weighted by Gasteiger charge is 2.17. The molecular weight excluding hydrogens is 176 g/mol. The predicted octanol–water partition coefficient (Wildman–Crippen LogP) is 0.618. The Bertz CT molecular complexity index is 310. The molecule has 1 aromatic carbocycles. The summed E-state index contributed by atoms with van der Waals surface area (Å²) in [6, 6.07) is 10.3. The summed E-state index contributed by atoms with van der Waals surface area (Å²) in [6.07, 6.45) is 1.01. The van der Waals surface area contributed by atoms with E-state index < -0.39 is 0 Å². The number of hydrogen-bond acceptors (Lipinski definition) is 2. The molecule has 3 nitrogen and oxygen atoms in total. The fourth-order valence-corrected chi connectivity index (χ4v) is 1.60. The van der Waals surface area contributed by atoms with E-state index in [1.807, 2.05) is 18.2 Å². The Morgan fingerprint density at radius 2 is 2.07 bits per heavy atom. The SMILES string of the molecule is O=C1CN(CCc2ccccc2)CN1. The number of hydrogen-bond donors (Lipinski definition) is 1. The highest BCUT2D eigenvalue weighted by Crippen LogP contribution is 2.02. The van der Waals surface area contributed by atoms with Crippen molar-refractivity contribution in [1.29, 1.82) is 0 Å². The highest BCUT2D eigenvalue weighted by molar-refractivity contribution is 5.79. The van der Waals surface area contributed by atoms with Gasteiger partial charge in [0.2, 0.25) is 5.91 Å². The van der Waals surface area contributed by atoms with Crippen molar-refractivity contribution in [3.05, 3.63) is 35.9 Å². The zero-order valence-electron chi connectivity index (χ0n) is 8.07. The van der Waals surface area contributed by atoms with E-state index >= 15 is 0 Å². The normalized spacial score (nSPS) is 17.0. The second-order valence-electron chi connectivity index (χ2n) is 3.55. The quantitative estimate of drug-likeness (QED) is 0.757. The summed E-state index contributed by atoms with van der Waals surface area (Å²) in [5.74, 6) is 0.137. The minimum Gasteiger partial charge on any atom is -0.342 e. The van der Waals surface area contributed by atoms with Gasteiger partial charge < -0.3 is 5.32 Å². The predicted molar refractivity (Wildman–Crippen MR) is 54.7 cm³/mol. The molecule has 1 aromatic rings. The van der Waals surface area contributed by atoms with Gasteiger partial charge in [-0.05, 0) is 12.0 Å². The average molecular weight is 190 g/mol. The number of nitrogens with one attached hydrogen (secondary N) is 1. The van der Waals surface area contributed by atoms with E-state index in [1.165, 1.54) is 5.56 Å². The van der Waals surface area contributed by atoms with Crippen molar-refractivity contribution < 1.29 is 4.79 Å². The van der Waals surface area contributed by atoms with E-state index in [-0.39, 0.29) is 5.91 Å². The lowest BCUT2D eigenvalue weighted by Gasteiger charge is -2.11. The Balaban J connectivity index is 1.80. The van der Waals surface area contributed by atoms with Crippen molar-refractivity contribution in [1.82, 2.24) is 10.2 Å². The Labute approximate surface area is 83.7 Å². The minimum absolute atomic E-state index is 0.137. The van der Waals surface area contributed by atoms with Gasteiger partial charge in [0.05, 0.1) is 13.2 Å². The third-order valence-corrected chi connectivity index (χ3v) is 2.43. The van der Waals surface area contributed by atoms with Crippen molar-refractivity contribution in [3.63, 3.8) is 0 Å². The van der Waals surface area contributed by atoms with Crippen molar-refractivity contribution in [3.8, 4) is 0 Å². The number of rotatable bonds is 3. The summed E-state index contributed by atoms with van der Waals surface area (Å²) in [5, 5.41) is 2.79. The molecule has 1 amide bonds. The van der Waals surface area contributed by atoms with Crippen LogP contribution in [0.2, 0.25) is 0 Å². The lowest BCUT2D eigenvalue weighted by Crippen LogP contribution is -2.24. The second-order valence-corrected chi connectivity index (χ2v) is 3.55. The van der Waals surface area contributed by atoms with Crippen LogP contribution in [-0.4, -0.2) is 30.6 Å². The lowest BCUT2D eigenvalue weighted by molar-refractivity contribution is -0.118. The molecule has 1 N–H and O–H groups in total. The van der Waals surface area contributed by atoms with Crippen LogP contribution in [0.15, 0.2) is 30.3 Å². The molecule has 74 valence electrons. The van der Waals surface area contributed by atoms with Crippen LogP contribution in [0.4, 0.5) is 0 Å². The molecule has 0 unspecified atom stereocenters. The van der Waals surface area contributed by atoms with Gasteiger partial charge in [-0.15, -0.1) is 0 Å². The average Bonchev–Trinajstić information content (AvgIpc) is 2.63. The molecule has 14 heavy (non-hydrogen) atoms. The molecule has 0 atom stereocenters. The van der Waals surface area contributed by atoms with Gasteiger partial charge in [-0.3, -0.25) is 9.69 Å². The van der Waals surface area contributed by atoms with E-state index in [4.69, 9.17) is 0 Å². The summed E-state index contributed by atoms with van der Waals surface area (Å²) >= 11 is 0. The van der Waals surface area contributed by atoms with Gasteiger partial charge in [0.25, 0.3) is 0 Å². The van der Waals surface area contributed by atoms with E-state index in [2.05, 4.69) is 22.3 Å². The minimum atomic E-state index is 0.137. The topological polar surface area (TPSA) is 32.3 Å². The number of nitrogens with zero attached hydrogens (tertiary/aromatic N) is 1.